The highest BCUT2D eigenvalue weighted by molar-refractivity contribution is 8.13. The van der Waals surface area contributed by atoms with E-state index in [2.05, 4.69) is 23.2 Å². The van der Waals surface area contributed by atoms with Crippen LogP contribution in [0.5, 0.6) is 0 Å². The van der Waals surface area contributed by atoms with E-state index in [1.54, 1.807) is 6.92 Å². The van der Waals surface area contributed by atoms with E-state index in [0.717, 1.165) is 24.3 Å². The molecule has 1 aromatic rings. The summed E-state index contributed by atoms with van der Waals surface area (Å²) < 4.78 is 0. The fourth-order valence-electron chi connectivity index (χ4n) is 1.39. The molecular weight excluding hydrogens is 230 g/mol. The molecule has 0 saturated heterocycles. The van der Waals surface area contributed by atoms with Crippen molar-refractivity contribution in [1.29, 1.82) is 0 Å². The van der Waals surface area contributed by atoms with Gasteiger partial charge in [0.25, 0.3) is 0 Å². The minimum Gasteiger partial charge on any atom is -0.316 e. The van der Waals surface area contributed by atoms with Gasteiger partial charge in [0, 0.05) is 31.2 Å². The van der Waals surface area contributed by atoms with Gasteiger partial charge in [-0.1, -0.05) is 41.8 Å². The van der Waals surface area contributed by atoms with E-state index >= 15 is 0 Å². The van der Waals surface area contributed by atoms with Gasteiger partial charge in [-0.05, 0) is 18.7 Å². The van der Waals surface area contributed by atoms with Gasteiger partial charge >= 0.3 is 0 Å². The number of nitrogens with one attached hydrogen (secondary N) is 1. The molecule has 0 spiro atoms. The number of rotatable bonds is 4. The van der Waals surface area contributed by atoms with Crippen LogP contribution in [0.25, 0.3) is 0 Å². The van der Waals surface area contributed by atoms with Crippen LogP contribution in [0.1, 0.15) is 24.5 Å². The molecule has 0 aliphatic heterocycles. The summed E-state index contributed by atoms with van der Waals surface area (Å²) in [6.07, 6.45) is 0.748. The number of carbonyl (C=O) groups is 1. The first-order valence-electron chi connectivity index (χ1n) is 5.58. The Morgan fingerprint density at radius 3 is 2.88 bits per heavy atom. The van der Waals surface area contributed by atoms with E-state index in [1.165, 1.54) is 17.3 Å². The largest absolute Gasteiger partial charge is 0.316 e. The quantitative estimate of drug-likeness (QED) is 0.654. The predicted molar refractivity (Wildman–Crippen MR) is 73.8 cm³/mol. The first kappa shape index (κ1) is 13.8. The van der Waals surface area contributed by atoms with Crippen LogP contribution in [0.15, 0.2) is 24.3 Å². The van der Waals surface area contributed by atoms with Crippen LogP contribution in [-0.2, 0) is 11.3 Å². The summed E-state index contributed by atoms with van der Waals surface area (Å²) in [4.78, 5) is 10.7. The van der Waals surface area contributed by atoms with Crippen molar-refractivity contribution in [3.05, 3.63) is 35.4 Å². The predicted octanol–water partition coefficient (Wildman–Crippen LogP) is 2.43. The van der Waals surface area contributed by atoms with Gasteiger partial charge in [-0.25, -0.2) is 0 Å². The normalized spacial score (nSPS) is 9.53. The Kier molecular flexibility index (Phi) is 6.46. The van der Waals surface area contributed by atoms with Crippen molar-refractivity contribution in [2.24, 2.45) is 0 Å². The Hall–Kier alpha value is -1.24. The van der Waals surface area contributed by atoms with Crippen molar-refractivity contribution in [2.75, 3.05) is 12.8 Å². The van der Waals surface area contributed by atoms with Gasteiger partial charge in [-0.2, -0.15) is 0 Å². The molecular formula is C14H17NOS. The van der Waals surface area contributed by atoms with Crippen molar-refractivity contribution in [3.8, 4) is 11.8 Å². The highest BCUT2D eigenvalue weighted by Gasteiger charge is 1.96. The molecule has 0 atom stereocenters. The van der Waals surface area contributed by atoms with Gasteiger partial charge in [0.15, 0.2) is 5.12 Å². The zero-order chi connectivity index (χ0) is 12.5. The third kappa shape index (κ3) is 5.58. The zero-order valence-electron chi connectivity index (χ0n) is 10.2. The van der Waals surface area contributed by atoms with E-state index in [1.807, 2.05) is 25.2 Å². The van der Waals surface area contributed by atoms with Gasteiger partial charge in [0.05, 0.1) is 0 Å². The van der Waals surface area contributed by atoms with Crippen LogP contribution < -0.4 is 5.32 Å². The summed E-state index contributed by atoms with van der Waals surface area (Å²) in [5, 5.41) is 3.28. The third-order valence-electron chi connectivity index (χ3n) is 2.14. The lowest BCUT2D eigenvalue weighted by atomic mass is 10.1. The van der Waals surface area contributed by atoms with Crippen LogP contribution in [-0.4, -0.2) is 17.9 Å². The lowest BCUT2D eigenvalue weighted by molar-refractivity contribution is -0.109. The molecule has 0 aliphatic rings. The Morgan fingerprint density at radius 1 is 1.41 bits per heavy atom. The molecule has 0 fully saturated rings. The average molecular weight is 247 g/mol. The molecule has 3 heteroatoms. The molecule has 0 saturated carbocycles. The number of carbonyl (C=O) groups excluding carboxylic acids is 1. The van der Waals surface area contributed by atoms with Gasteiger partial charge < -0.3 is 5.32 Å². The Labute approximate surface area is 107 Å². The second kappa shape index (κ2) is 7.94. The fourth-order valence-corrected chi connectivity index (χ4v) is 1.88. The molecule has 0 unspecified atom stereocenters. The van der Waals surface area contributed by atoms with E-state index in [9.17, 15) is 4.79 Å². The minimum absolute atomic E-state index is 0.155. The molecule has 1 rings (SSSR count). The highest BCUT2D eigenvalue weighted by atomic mass is 32.2. The monoisotopic (exact) mass is 247 g/mol. The first-order valence-corrected chi connectivity index (χ1v) is 6.57. The maximum atomic E-state index is 10.7. The summed E-state index contributed by atoms with van der Waals surface area (Å²) in [6, 6.07) is 8.11. The molecule has 0 heterocycles. The molecule has 90 valence electrons. The topological polar surface area (TPSA) is 29.1 Å². The number of thioether (sulfide) groups is 1. The maximum absolute atomic E-state index is 10.7. The Balaban J connectivity index is 2.55. The van der Waals surface area contributed by atoms with E-state index in [0.29, 0.717) is 0 Å². The molecule has 0 aliphatic carbocycles. The SMILES string of the molecule is CNCc1ccccc1C#CCCSC(C)=O. The second-order valence-corrected chi connectivity index (χ2v) is 4.85. The lowest BCUT2D eigenvalue weighted by Gasteiger charge is -2.02. The van der Waals surface area contributed by atoms with Crippen LogP contribution in [0.2, 0.25) is 0 Å². The molecule has 0 bridgehead atoms. The van der Waals surface area contributed by atoms with E-state index in [4.69, 9.17) is 0 Å². The van der Waals surface area contributed by atoms with Gasteiger partial charge in [-0.3, -0.25) is 4.79 Å². The summed E-state index contributed by atoms with van der Waals surface area (Å²) in [6.45, 7) is 2.41. The zero-order valence-corrected chi connectivity index (χ0v) is 11.1. The summed E-state index contributed by atoms with van der Waals surface area (Å²) in [5.74, 6) is 7.04. The molecule has 17 heavy (non-hydrogen) atoms. The van der Waals surface area contributed by atoms with Crippen LogP contribution in [0, 0.1) is 11.8 Å². The molecule has 0 amide bonds. The fraction of sp³-hybridized carbons (Fsp3) is 0.357. The molecule has 2 nitrogen and oxygen atoms in total. The van der Waals surface area contributed by atoms with Crippen LogP contribution in [0.3, 0.4) is 0 Å². The Bertz CT molecular complexity index is 431. The van der Waals surface area contributed by atoms with Gasteiger partial charge in [-0.15, -0.1) is 0 Å². The van der Waals surface area contributed by atoms with Crippen molar-refractivity contribution in [3.63, 3.8) is 0 Å². The molecule has 1 N–H and O–H groups in total. The van der Waals surface area contributed by atoms with Gasteiger partial charge in [0.2, 0.25) is 0 Å². The van der Waals surface area contributed by atoms with Crippen molar-refractivity contribution in [2.45, 2.75) is 19.9 Å². The summed E-state index contributed by atoms with van der Waals surface area (Å²) in [5.41, 5.74) is 2.27. The third-order valence-corrected chi connectivity index (χ3v) is 2.95. The van der Waals surface area contributed by atoms with Crippen molar-refractivity contribution >= 4 is 16.9 Å². The maximum Gasteiger partial charge on any atom is 0.185 e. The lowest BCUT2D eigenvalue weighted by Crippen LogP contribution is -2.06. The molecule has 0 aromatic heterocycles. The number of hydrogen-bond donors (Lipinski definition) is 1. The minimum atomic E-state index is 0.155. The standard InChI is InChI=1S/C14H17NOS/c1-12(16)17-10-6-5-8-13-7-3-4-9-14(13)11-15-2/h3-4,7,9,15H,6,10-11H2,1-2H3. The second-order valence-electron chi connectivity index (χ2n) is 3.58. The summed E-state index contributed by atoms with van der Waals surface area (Å²) in [7, 11) is 1.92. The van der Waals surface area contributed by atoms with Crippen LogP contribution >= 0.6 is 11.8 Å². The Morgan fingerprint density at radius 2 is 2.18 bits per heavy atom. The highest BCUT2D eigenvalue weighted by Crippen LogP contribution is 2.07. The van der Waals surface area contributed by atoms with Crippen molar-refractivity contribution in [1.82, 2.24) is 5.32 Å². The average Bonchev–Trinajstić information content (AvgIpc) is 2.31. The molecule has 1 aromatic carbocycles. The van der Waals surface area contributed by atoms with Gasteiger partial charge in [0.1, 0.15) is 0 Å². The number of hydrogen-bond acceptors (Lipinski definition) is 3. The number of benzene rings is 1. The summed E-state index contributed by atoms with van der Waals surface area (Å²) >= 11 is 1.33. The first-order chi connectivity index (χ1) is 8.24. The smallest absolute Gasteiger partial charge is 0.185 e. The van der Waals surface area contributed by atoms with E-state index in [-0.39, 0.29) is 5.12 Å². The van der Waals surface area contributed by atoms with E-state index < -0.39 is 0 Å². The van der Waals surface area contributed by atoms with Crippen molar-refractivity contribution < 1.29 is 4.79 Å². The molecule has 0 radical (unpaired) electrons. The van der Waals surface area contributed by atoms with Crippen LogP contribution in [0.4, 0.5) is 0 Å².